The molecule has 252 valence electrons. The van der Waals surface area contributed by atoms with Crippen LogP contribution < -0.4 is 5.32 Å². The summed E-state index contributed by atoms with van der Waals surface area (Å²) >= 11 is 1.65. The summed E-state index contributed by atoms with van der Waals surface area (Å²) in [7, 11) is 0. The minimum Gasteiger partial charge on any atom is -0.444 e. The zero-order valence-electron chi connectivity index (χ0n) is 28.3. The number of thiazole rings is 1. The minimum absolute atomic E-state index is 0.0502. The first-order valence-electron chi connectivity index (χ1n) is 16.2. The number of pyridine rings is 1. The molecule has 12 heteroatoms. The lowest BCUT2D eigenvalue weighted by Crippen LogP contribution is -2.55. The topological polar surface area (TPSA) is 125 Å². The molecule has 1 fully saturated rings. The summed E-state index contributed by atoms with van der Waals surface area (Å²) in [6, 6.07) is 1.98. The molecular weight excluding hydrogens is 616 g/mol. The molecule has 4 amide bonds. The van der Waals surface area contributed by atoms with Gasteiger partial charge in [-0.3, -0.25) is 19.3 Å². The molecule has 2 aromatic rings. The predicted octanol–water partition coefficient (Wildman–Crippen LogP) is 5.09. The number of anilines is 1. The maximum atomic E-state index is 13.4. The zero-order valence-corrected chi connectivity index (χ0v) is 29.1. The van der Waals surface area contributed by atoms with E-state index in [1.807, 2.05) is 43.3 Å². The van der Waals surface area contributed by atoms with Crippen LogP contribution in [0.1, 0.15) is 76.9 Å². The molecule has 0 aromatic carbocycles. The molecule has 5 heterocycles. The number of likely N-dealkylation sites (tertiary alicyclic amines) is 1. The van der Waals surface area contributed by atoms with Crippen LogP contribution in [0.4, 0.5) is 10.6 Å². The van der Waals surface area contributed by atoms with Crippen molar-refractivity contribution in [2.24, 2.45) is 5.41 Å². The lowest BCUT2D eigenvalue weighted by molar-refractivity contribution is -0.140. The zero-order chi connectivity index (χ0) is 34.0. The number of carbonyl (C=O) groups is 4. The maximum absolute atomic E-state index is 13.4. The smallest absolute Gasteiger partial charge is 0.411 e. The molecule has 1 N–H and O–H groups in total. The first-order valence-corrected chi connectivity index (χ1v) is 17.1. The Hall–Kier alpha value is -4.06. The van der Waals surface area contributed by atoms with Crippen LogP contribution in [0.15, 0.2) is 41.6 Å². The minimum atomic E-state index is -0.677. The average Bonchev–Trinajstić information content (AvgIpc) is 3.51. The summed E-state index contributed by atoms with van der Waals surface area (Å²) in [5, 5.41) is 6.06. The quantitative estimate of drug-likeness (QED) is 0.338. The van der Waals surface area contributed by atoms with Crippen LogP contribution in [-0.4, -0.2) is 92.3 Å². The van der Waals surface area contributed by atoms with Crippen molar-refractivity contribution in [3.05, 3.63) is 57.7 Å². The van der Waals surface area contributed by atoms with Gasteiger partial charge in [0.25, 0.3) is 0 Å². The van der Waals surface area contributed by atoms with E-state index < -0.39 is 22.6 Å². The fourth-order valence-corrected chi connectivity index (χ4v) is 6.82. The first kappa shape index (κ1) is 34.3. The monoisotopic (exact) mass is 662 g/mol. The number of amides is 4. The molecule has 0 saturated carbocycles. The normalized spacial score (nSPS) is 18.1. The summed E-state index contributed by atoms with van der Waals surface area (Å²) in [5.74, 6) is 0.233. The van der Waals surface area contributed by atoms with Crippen LogP contribution in [0.3, 0.4) is 0 Å². The van der Waals surface area contributed by atoms with Crippen molar-refractivity contribution in [1.82, 2.24) is 24.7 Å². The first-order chi connectivity index (χ1) is 22.1. The highest BCUT2D eigenvalue weighted by Crippen LogP contribution is 2.41. The van der Waals surface area contributed by atoms with E-state index in [9.17, 15) is 19.2 Å². The number of nitrogens with zero attached hydrogens (tertiary/aromatic N) is 5. The lowest BCUT2D eigenvalue weighted by Gasteiger charge is -2.44. The molecule has 0 radical (unpaired) electrons. The van der Waals surface area contributed by atoms with Crippen LogP contribution in [0.2, 0.25) is 0 Å². The predicted molar refractivity (Wildman–Crippen MR) is 182 cm³/mol. The van der Waals surface area contributed by atoms with Gasteiger partial charge in [0.2, 0.25) is 17.7 Å². The Morgan fingerprint density at radius 3 is 2.45 bits per heavy atom. The molecular formula is C35H46N6O5S. The summed E-state index contributed by atoms with van der Waals surface area (Å²) in [4.78, 5) is 66.4. The summed E-state index contributed by atoms with van der Waals surface area (Å²) in [6.45, 7) is 13.0. The van der Waals surface area contributed by atoms with Crippen molar-refractivity contribution >= 4 is 47.0 Å². The number of fused-ring (bicyclic) bond motifs is 1. The second-order valence-corrected chi connectivity index (χ2v) is 15.6. The van der Waals surface area contributed by atoms with E-state index in [1.54, 1.807) is 55.4 Å². The average molecular weight is 663 g/mol. The molecule has 0 atom stereocenters. The second-order valence-electron chi connectivity index (χ2n) is 14.6. The number of nitrogens with one attached hydrogen (secondary N) is 1. The highest BCUT2D eigenvalue weighted by Gasteiger charge is 2.46. The number of carbonyl (C=O) groups excluding carboxylic acids is 4. The van der Waals surface area contributed by atoms with Crippen LogP contribution in [0, 0.1) is 5.41 Å². The van der Waals surface area contributed by atoms with E-state index in [0.29, 0.717) is 51.3 Å². The molecule has 0 bridgehead atoms. The van der Waals surface area contributed by atoms with E-state index >= 15 is 0 Å². The van der Waals surface area contributed by atoms with Gasteiger partial charge in [-0.2, -0.15) is 0 Å². The standard InChI is InChI=1S/C35H46N6O5S/c1-33(2,3)41(32(45)46-34(4,5)6)23-29(43)40-16-11-35(12-17-40)21-26-19-25(22-37-30(26)38-31(35)44)7-8-28(42)39-14-9-24(10-15-39)20-27-36-13-18-47-27/h7-9,13,18-19,22H,10-12,14-17,20-21,23H2,1-6H3,(H,37,38,44)/b8-7+. The third-order valence-electron chi connectivity index (χ3n) is 8.92. The van der Waals surface area contributed by atoms with Crippen molar-refractivity contribution in [3.8, 4) is 0 Å². The van der Waals surface area contributed by atoms with Gasteiger partial charge in [0.1, 0.15) is 18.0 Å². The summed E-state index contributed by atoms with van der Waals surface area (Å²) < 4.78 is 5.57. The Kier molecular flexibility index (Phi) is 9.91. The Bertz CT molecular complexity index is 1560. The van der Waals surface area contributed by atoms with E-state index in [-0.39, 0.29) is 24.3 Å². The fraction of sp³-hybridized carbons (Fsp3) is 0.543. The molecule has 11 nitrogen and oxygen atoms in total. The Labute approximate surface area is 281 Å². The van der Waals surface area contributed by atoms with Gasteiger partial charge in [-0.25, -0.2) is 14.8 Å². The van der Waals surface area contributed by atoms with Crippen LogP contribution >= 0.6 is 11.3 Å². The van der Waals surface area contributed by atoms with Crippen molar-refractivity contribution in [3.63, 3.8) is 0 Å². The molecule has 0 aliphatic carbocycles. The summed E-state index contributed by atoms with van der Waals surface area (Å²) in [6.07, 6.45) is 11.6. The van der Waals surface area contributed by atoms with Gasteiger partial charge in [0, 0.05) is 62.0 Å². The van der Waals surface area contributed by atoms with Crippen LogP contribution in [0.25, 0.3) is 6.08 Å². The van der Waals surface area contributed by atoms with Gasteiger partial charge in [0.05, 0.1) is 10.4 Å². The third-order valence-corrected chi connectivity index (χ3v) is 9.70. The number of aromatic nitrogens is 2. The largest absolute Gasteiger partial charge is 0.444 e. The van der Waals surface area contributed by atoms with Gasteiger partial charge in [-0.15, -0.1) is 11.3 Å². The lowest BCUT2D eigenvalue weighted by atomic mass is 9.71. The molecule has 0 unspecified atom stereocenters. The molecule has 1 spiro atoms. The Morgan fingerprint density at radius 2 is 1.83 bits per heavy atom. The third kappa shape index (κ3) is 8.46. The van der Waals surface area contributed by atoms with Gasteiger partial charge >= 0.3 is 6.09 Å². The number of piperidine rings is 1. The SMILES string of the molecule is CC(C)(C)OC(=O)N(CC(=O)N1CCC2(CC1)Cc1cc(/C=C/C(=O)N3CC=C(Cc4nccs4)CC3)cnc1NC2=O)C(C)(C)C. The van der Waals surface area contributed by atoms with E-state index in [4.69, 9.17) is 4.74 Å². The van der Waals surface area contributed by atoms with Crippen LogP contribution in [0.5, 0.6) is 0 Å². The summed E-state index contributed by atoms with van der Waals surface area (Å²) in [5.41, 5.74) is 1.07. The second kappa shape index (κ2) is 13.6. The van der Waals surface area contributed by atoms with Crippen molar-refractivity contribution < 1.29 is 23.9 Å². The van der Waals surface area contributed by atoms with Gasteiger partial charge in [0.15, 0.2) is 0 Å². The highest BCUT2D eigenvalue weighted by molar-refractivity contribution is 7.09. The molecule has 2 aromatic heterocycles. The molecule has 47 heavy (non-hydrogen) atoms. The van der Waals surface area contributed by atoms with Gasteiger partial charge < -0.3 is 19.9 Å². The Morgan fingerprint density at radius 1 is 1.09 bits per heavy atom. The van der Waals surface area contributed by atoms with Crippen molar-refractivity contribution in [1.29, 1.82) is 0 Å². The molecule has 1 saturated heterocycles. The van der Waals surface area contributed by atoms with Gasteiger partial charge in [-0.05, 0) is 90.5 Å². The molecule has 3 aliphatic heterocycles. The van der Waals surface area contributed by atoms with Gasteiger partial charge in [-0.1, -0.05) is 11.6 Å². The number of hydrogen-bond acceptors (Lipinski definition) is 8. The number of rotatable bonds is 6. The molecule has 5 rings (SSSR count). The molecule has 3 aliphatic rings. The fourth-order valence-electron chi connectivity index (χ4n) is 6.15. The number of hydrogen-bond donors (Lipinski definition) is 1. The van der Waals surface area contributed by atoms with Crippen molar-refractivity contribution in [2.45, 2.75) is 84.8 Å². The van der Waals surface area contributed by atoms with E-state index in [1.165, 1.54) is 10.5 Å². The highest BCUT2D eigenvalue weighted by atomic mass is 32.1. The van der Waals surface area contributed by atoms with E-state index in [2.05, 4.69) is 21.4 Å². The van der Waals surface area contributed by atoms with Crippen LogP contribution in [-0.2, 0) is 32.0 Å². The van der Waals surface area contributed by atoms with Crippen molar-refractivity contribution in [2.75, 3.05) is 38.0 Å². The Balaban J connectivity index is 1.18. The maximum Gasteiger partial charge on any atom is 0.411 e. The number of ether oxygens (including phenoxy) is 1. The van der Waals surface area contributed by atoms with E-state index in [0.717, 1.165) is 29.0 Å².